The van der Waals surface area contributed by atoms with Crippen molar-refractivity contribution < 1.29 is 4.79 Å². The predicted molar refractivity (Wildman–Crippen MR) is 76.1 cm³/mol. The van der Waals surface area contributed by atoms with Crippen molar-refractivity contribution in [3.8, 4) is 0 Å². The molecule has 0 aromatic heterocycles. The first-order valence-corrected chi connectivity index (χ1v) is 6.49. The fraction of sp³-hybridized carbons (Fsp3) is 0.188. The third-order valence-corrected chi connectivity index (χ3v) is 3.59. The standard InChI is InChI=1S/C16H16N2O/c17-15-10-9-12-13(15)7-4-8-14(12)16(19)18-11-5-2-1-3-6-11/h1-8,15H,9-10,17H2,(H,18,19)/t15-/m0/s1. The summed E-state index contributed by atoms with van der Waals surface area (Å²) >= 11 is 0. The highest BCUT2D eigenvalue weighted by molar-refractivity contribution is 6.05. The average molecular weight is 252 g/mol. The van der Waals surface area contributed by atoms with Crippen LogP contribution in [0.3, 0.4) is 0 Å². The monoisotopic (exact) mass is 252 g/mol. The smallest absolute Gasteiger partial charge is 0.255 e. The van der Waals surface area contributed by atoms with Crippen molar-refractivity contribution in [1.29, 1.82) is 0 Å². The van der Waals surface area contributed by atoms with E-state index in [-0.39, 0.29) is 11.9 Å². The van der Waals surface area contributed by atoms with Crippen LogP contribution in [0.4, 0.5) is 5.69 Å². The summed E-state index contributed by atoms with van der Waals surface area (Å²) in [6.07, 6.45) is 1.81. The van der Waals surface area contributed by atoms with E-state index < -0.39 is 0 Å². The molecular formula is C16H16N2O. The topological polar surface area (TPSA) is 55.1 Å². The summed E-state index contributed by atoms with van der Waals surface area (Å²) in [5.41, 5.74) is 9.81. The van der Waals surface area contributed by atoms with E-state index in [1.54, 1.807) is 0 Å². The van der Waals surface area contributed by atoms with Crippen molar-refractivity contribution in [2.75, 3.05) is 5.32 Å². The summed E-state index contributed by atoms with van der Waals surface area (Å²) in [6.45, 7) is 0. The molecule has 19 heavy (non-hydrogen) atoms. The lowest BCUT2D eigenvalue weighted by Gasteiger charge is -2.10. The molecule has 2 aromatic rings. The van der Waals surface area contributed by atoms with E-state index in [0.29, 0.717) is 0 Å². The van der Waals surface area contributed by atoms with E-state index in [1.807, 2.05) is 48.5 Å². The van der Waals surface area contributed by atoms with E-state index in [2.05, 4.69) is 5.32 Å². The quantitative estimate of drug-likeness (QED) is 0.863. The minimum absolute atomic E-state index is 0.0582. The largest absolute Gasteiger partial charge is 0.324 e. The van der Waals surface area contributed by atoms with Crippen molar-refractivity contribution in [3.63, 3.8) is 0 Å². The van der Waals surface area contributed by atoms with Crippen LogP contribution in [0, 0.1) is 0 Å². The SMILES string of the molecule is N[C@H]1CCc2c(C(=O)Nc3ccccc3)cccc21. The second-order valence-electron chi connectivity index (χ2n) is 4.84. The molecule has 1 aliphatic rings. The summed E-state index contributed by atoms with van der Waals surface area (Å²) < 4.78 is 0. The molecule has 3 nitrogen and oxygen atoms in total. The molecule has 0 spiro atoms. The zero-order valence-electron chi connectivity index (χ0n) is 10.6. The number of para-hydroxylation sites is 1. The molecule has 0 radical (unpaired) electrons. The molecule has 0 fully saturated rings. The van der Waals surface area contributed by atoms with Gasteiger partial charge in [-0.25, -0.2) is 0 Å². The molecule has 1 amide bonds. The van der Waals surface area contributed by atoms with E-state index in [0.717, 1.165) is 35.2 Å². The number of nitrogens with two attached hydrogens (primary N) is 1. The number of carbonyl (C=O) groups is 1. The van der Waals surface area contributed by atoms with Gasteiger partial charge in [0, 0.05) is 17.3 Å². The molecule has 0 heterocycles. The molecule has 0 bridgehead atoms. The number of hydrogen-bond acceptors (Lipinski definition) is 2. The fourth-order valence-electron chi connectivity index (χ4n) is 2.62. The first-order chi connectivity index (χ1) is 9.25. The third-order valence-electron chi connectivity index (χ3n) is 3.59. The van der Waals surface area contributed by atoms with Crippen LogP contribution in [0.5, 0.6) is 0 Å². The average Bonchev–Trinajstić information content (AvgIpc) is 2.82. The Kier molecular flexibility index (Phi) is 3.05. The van der Waals surface area contributed by atoms with Gasteiger partial charge in [-0.2, -0.15) is 0 Å². The number of fused-ring (bicyclic) bond motifs is 1. The Hall–Kier alpha value is -2.13. The third kappa shape index (κ3) is 2.25. The summed E-state index contributed by atoms with van der Waals surface area (Å²) in [5, 5.41) is 2.92. The number of anilines is 1. The van der Waals surface area contributed by atoms with Crippen molar-refractivity contribution in [3.05, 3.63) is 65.2 Å². The first-order valence-electron chi connectivity index (χ1n) is 6.49. The minimum atomic E-state index is -0.0582. The Bertz CT molecular complexity index is 607. The van der Waals surface area contributed by atoms with Gasteiger partial charge in [0.25, 0.3) is 5.91 Å². The van der Waals surface area contributed by atoms with Gasteiger partial charge in [0.2, 0.25) is 0 Å². The summed E-state index contributed by atoms with van der Waals surface area (Å²) in [7, 11) is 0. The maximum Gasteiger partial charge on any atom is 0.255 e. The van der Waals surface area contributed by atoms with E-state index in [9.17, 15) is 4.79 Å². The zero-order chi connectivity index (χ0) is 13.2. The Labute approximate surface area is 112 Å². The van der Waals surface area contributed by atoms with Crippen LogP contribution in [0.1, 0.15) is 33.9 Å². The maximum atomic E-state index is 12.3. The van der Waals surface area contributed by atoms with Crippen LogP contribution in [0.25, 0.3) is 0 Å². The van der Waals surface area contributed by atoms with Gasteiger partial charge in [0.05, 0.1) is 0 Å². The molecule has 0 saturated carbocycles. The highest BCUT2D eigenvalue weighted by Gasteiger charge is 2.23. The highest BCUT2D eigenvalue weighted by atomic mass is 16.1. The van der Waals surface area contributed by atoms with Gasteiger partial charge in [-0.05, 0) is 42.2 Å². The summed E-state index contributed by atoms with van der Waals surface area (Å²) in [6, 6.07) is 15.4. The molecule has 1 atom stereocenters. The molecule has 0 saturated heterocycles. The van der Waals surface area contributed by atoms with Gasteiger partial charge in [-0.3, -0.25) is 4.79 Å². The number of nitrogens with one attached hydrogen (secondary N) is 1. The number of carbonyl (C=O) groups excluding carboxylic acids is 1. The normalized spacial score (nSPS) is 17.0. The Balaban J connectivity index is 1.89. The highest BCUT2D eigenvalue weighted by Crippen LogP contribution is 2.31. The second kappa shape index (κ2) is 4.86. The van der Waals surface area contributed by atoms with Gasteiger partial charge < -0.3 is 11.1 Å². The number of benzene rings is 2. The Morgan fingerprint density at radius 3 is 2.68 bits per heavy atom. The lowest BCUT2D eigenvalue weighted by atomic mass is 10.0. The predicted octanol–water partition coefficient (Wildman–Crippen LogP) is 2.88. The molecule has 3 heteroatoms. The summed E-state index contributed by atoms with van der Waals surface area (Å²) in [4.78, 5) is 12.3. The van der Waals surface area contributed by atoms with Gasteiger partial charge in [0.15, 0.2) is 0 Å². The van der Waals surface area contributed by atoms with Crippen LogP contribution in [0.2, 0.25) is 0 Å². The molecule has 1 aliphatic carbocycles. The number of amides is 1. The second-order valence-corrected chi connectivity index (χ2v) is 4.84. The lowest BCUT2D eigenvalue weighted by molar-refractivity contribution is 0.102. The fourth-order valence-corrected chi connectivity index (χ4v) is 2.62. The summed E-state index contributed by atoms with van der Waals surface area (Å²) in [5.74, 6) is -0.0582. The zero-order valence-corrected chi connectivity index (χ0v) is 10.6. The Morgan fingerprint density at radius 2 is 1.89 bits per heavy atom. The van der Waals surface area contributed by atoms with E-state index in [4.69, 9.17) is 5.73 Å². The lowest BCUT2D eigenvalue weighted by Crippen LogP contribution is -2.14. The van der Waals surface area contributed by atoms with Gasteiger partial charge in [-0.1, -0.05) is 30.3 Å². The number of hydrogen-bond donors (Lipinski definition) is 2. The molecule has 0 unspecified atom stereocenters. The van der Waals surface area contributed by atoms with Crippen LogP contribution in [-0.2, 0) is 6.42 Å². The maximum absolute atomic E-state index is 12.3. The van der Waals surface area contributed by atoms with Gasteiger partial charge in [0.1, 0.15) is 0 Å². The Morgan fingerprint density at radius 1 is 1.11 bits per heavy atom. The van der Waals surface area contributed by atoms with Crippen molar-refractivity contribution in [2.24, 2.45) is 5.73 Å². The van der Waals surface area contributed by atoms with E-state index in [1.165, 1.54) is 0 Å². The number of rotatable bonds is 2. The van der Waals surface area contributed by atoms with Crippen LogP contribution < -0.4 is 11.1 Å². The molecule has 3 rings (SSSR count). The first kappa shape index (κ1) is 11.9. The molecule has 2 aromatic carbocycles. The van der Waals surface area contributed by atoms with Gasteiger partial charge >= 0.3 is 0 Å². The molecule has 96 valence electrons. The molecule has 0 aliphatic heterocycles. The van der Waals surface area contributed by atoms with Crippen molar-refractivity contribution >= 4 is 11.6 Å². The van der Waals surface area contributed by atoms with Crippen LogP contribution >= 0.6 is 0 Å². The molecule has 3 N–H and O–H groups in total. The molecular weight excluding hydrogens is 236 g/mol. The van der Waals surface area contributed by atoms with Crippen molar-refractivity contribution in [2.45, 2.75) is 18.9 Å². The van der Waals surface area contributed by atoms with Crippen LogP contribution in [-0.4, -0.2) is 5.91 Å². The minimum Gasteiger partial charge on any atom is -0.324 e. The van der Waals surface area contributed by atoms with E-state index >= 15 is 0 Å². The van der Waals surface area contributed by atoms with Crippen LogP contribution in [0.15, 0.2) is 48.5 Å². The van der Waals surface area contributed by atoms with Gasteiger partial charge in [-0.15, -0.1) is 0 Å². The van der Waals surface area contributed by atoms with Crippen molar-refractivity contribution in [1.82, 2.24) is 0 Å².